The zero-order chi connectivity index (χ0) is 33.0. The van der Waals surface area contributed by atoms with Gasteiger partial charge in [-0.1, -0.05) is 52.6 Å². The first kappa shape index (κ1) is 31.7. The third-order valence-corrected chi connectivity index (χ3v) is 11.7. The molecule has 0 spiro atoms. The Hall–Kier alpha value is -3.50. The number of aromatic carboxylic acids is 1. The number of pyridine rings is 2. The van der Waals surface area contributed by atoms with E-state index in [2.05, 4.69) is 56.3 Å². The van der Waals surface area contributed by atoms with E-state index in [9.17, 15) is 9.90 Å². The highest BCUT2D eigenvalue weighted by atomic mass is 35.5. The van der Waals surface area contributed by atoms with Gasteiger partial charge in [0.05, 0.1) is 22.3 Å². The first-order valence-corrected chi connectivity index (χ1v) is 17.7. The molecule has 0 radical (unpaired) electrons. The van der Waals surface area contributed by atoms with Crippen molar-refractivity contribution in [3.63, 3.8) is 0 Å². The minimum atomic E-state index is -1.00. The molecule has 9 nitrogen and oxygen atoms in total. The number of carboxylic acid groups (broad SMARTS) is 1. The predicted octanol–water partition coefficient (Wildman–Crippen LogP) is 8.24. The molecule has 250 valence electrons. The van der Waals surface area contributed by atoms with E-state index >= 15 is 0 Å². The molecular weight excluding hydrogens is 649 g/mol. The molecule has 1 aromatic carbocycles. The van der Waals surface area contributed by atoms with E-state index in [4.69, 9.17) is 32.5 Å². The fraction of sp³-hybridized carbons (Fsp3) is 0.459. The summed E-state index contributed by atoms with van der Waals surface area (Å²) in [7, 11) is 2.11. The molecule has 48 heavy (non-hydrogen) atoms. The Morgan fingerprint density at radius 1 is 1.04 bits per heavy atom. The molecule has 0 unspecified atom stereocenters. The Balaban J connectivity index is 0.989. The van der Waals surface area contributed by atoms with E-state index in [1.165, 1.54) is 0 Å². The third kappa shape index (κ3) is 5.99. The van der Waals surface area contributed by atoms with Crippen molar-refractivity contribution < 1.29 is 19.2 Å². The molecule has 0 atom stereocenters. The molecule has 3 aromatic heterocycles. The second kappa shape index (κ2) is 12.4. The summed E-state index contributed by atoms with van der Waals surface area (Å²) in [6.07, 6.45) is 16.2. The second-order valence-corrected chi connectivity index (χ2v) is 15.0. The van der Waals surface area contributed by atoms with Crippen LogP contribution in [-0.4, -0.2) is 69.9 Å². The van der Waals surface area contributed by atoms with Gasteiger partial charge in [0, 0.05) is 61.0 Å². The van der Waals surface area contributed by atoms with Gasteiger partial charge >= 0.3 is 5.97 Å². The Labute approximate surface area is 289 Å². The number of anilines is 1. The number of aromatic nitrogens is 3. The summed E-state index contributed by atoms with van der Waals surface area (Å²) in [5.41, 5.74) is 3.45. The second-order valence-electron chi connectivity index (χ2n) is 14.2. The summed E-state index contributed by atoms with van der Waals surface area (Å²) in [6.45, 7) is 3.90. The van der Waals surface area contributed by atoms with Crippen LogP contribution < -0.4 is 4.90 Å². The number of rotatable bonds is 9. The molecule has 4 aliphatic carbocycles. The van der Waals surface area contributed by atoms with Crippen LogP contribution in [0.2, 0.25) is 10.0 Å². The van der Waals surface area contributed by atoms with Crippen molar-refractivity contribution in [2.75, 3.05) is 38.1 Å². The van der Waals surface area contributed by atoms with Crippen LogP contribution in [0.1, 0.15) is 84.7 Å². The van der Waals surface area contributed by atoms with Gasteiger partial charge in [-0.2, -0.15) is 0 Å². The lowest BCUT2D eigenvalue weighted by molar-refractivity contribution is -0.133. The largest absolute Gasteiger partial charge is 0.477 e. The third-order valence-electron chi connectivity index (χ3n) is 11.1. The van der Waals surface area contributed by atoms with Crippen LogP contribution in [0.15, 0.2) is 47.3 Å². The van der Waals surface area contributed by atoms with Gasteiger partial charge < -0.3 is 24.2 Å². The fourth-order valence-electron chi connectivity index (χ4n) is 7.83. The molecule has 0 amide bonds. The van der Waals surface area contributed by atoms with Crippen molar-refractivity contribution >= 4 is 51.8 Å². The van der Waals surface area contributed by atoms with Crippen LogP contribution in [0.5, 0.6) is 0 Å². The Bertz CT molecular complexity index is 1870. The Kier molecular flexibility index (Phi) is 8.22. The molecule has 5 fully saturated rings. The summed E-state index contributed by atoms with van der Waals surface area (Å²) in [5.74, 6) is 1.03. The normalized spacial score (nSPS) is 24.6. The van der Waals surface area contributed by atoms with Gasteiger partial charge in [0.2, 0.25) is 0 Å². The first-order valence-electron chi connectivity index (χ1n) is 16.9. The maximum atomic E-state index is 11.9. The number of allylic oxidation sites excluding steroid dienone is 1. The van der Waals surface area contributed by atoms with Gasteiger partial charge in [-0.15, -0.1) is 0 Å². The SMILES string of the molecule is CN1CCN(c2nc(C(=O)O)cc3ccc(C=CC45CCC(OCc6c(-c7c(Cl)cncc7Cl)noc6C6CC6)(CC4)CC5)cc23)CC1. The number of carboxylic acids is 1. The number of fused-ring (bicyclic) bond motifs is 4. The minimum Gasteiger partial charge on any atom is -0.477 e. The fourth-order valence-corrected chi connectivity index (χ4v) is 8.37. The molecule has 4 saturated carbocycles. The molecular formula is C37H39Cl2N5O4. The van der Waals surface area contributed by atoms with Crippen LogP contribution in [0.4, 0.5) is 5.82 Å². The van der Waals surface area contributed by atoms with Crippen LogP contribution in [0.3, 0.4) is 0 Å². The molecule has 11 heteroatoms. The molecule has 1 N–H and O–H groups in total. The maximum Gasteiger partial charge on any atom is 0.354 e. The molecule has 5 aliphatic rings. The predicted molar refractivity (Wildman–Crippen MR) is 187 cm³/mol. The van der Waals surface area contributed by atoms with Gasteiger partial charge in [-0.05, 0) is 86.9 Å². The lowest BCUT2D eigenvalue weighted by atomic mass is 9.58. The molecule has 1 saturated heterocycles. The molecule has 4 heterocycles. The van der Waals surface area contributed by atoms with Crippen LogP contribution in [0.25, 0.3) is 28.1 Å². The van der Waals surface area contributed by atoms with Crippen molar-refractivity contribution in [3.8, 4) is 11.3 Å². The molecule has 9 rings (SSSR count). The highest BCUT2D eigenvalue weighted by Gasteiger charge is 2.48. The van der Waals surface area contributed by atoms with Crippen LogP contribution in [0, 0.1) is 5.41 Å². The van der Waals surface area contributed by atoms with Crippen molar-refractivity contribution in [2.45, 2.75) is 69.5 Å². The number of halogens is 2. The molecule has 2 bridgehead atoms. The number of hydrogen-bond donors (Lipinski definition) is 1. The first-order chi connectivity index (χ1) is 23.2. The monoisotopic (exact) mass is 687 g/mol. The van der Waals surface area contributed by atoms with E-state index < -0.39 is 5.97 Å². The van der Waals surface area contributed by atoms with Gasteiger partial charge in [0.15, 0.2) is 5.69 Å². The van der Waals surface area contributed by atoms with E-state index in [1.807, 2.05) is 6.07 Å². The van der Waals surface area contributed by atoms with E-state index in [0.717, 1.165) is 111 Å². The Morgan fingerprint density at radius 3 is 2.42 bits per heavy atom. The van der Waals surface area contributed by atoms with Crippen molar-refractivity contribution in [2.24, 2.45) is 5.41 Å². The number of nitrogens with zero attached hydrogens (tertiary/aromatic N) is 5. The topological polar surface area (TPSA) is 105 Å². The van der Waals surface area contributed by atoms with E-state index in [-0.39, 0.29) is 16.7 Å². The Morgan fingerprint density at radius 2 is 1.75 bits per heavy atom. The minimum absolute atomic E-state index is 0.0858. The number of carbonyl (C=O) groups is 1. The quantitative estimate of drug-likeness (QED) is 0.186. The smallest absolute Gasteiger partial charge is 0.354 e. The van der Waals surface area contributed by atoms with Gasteiger partial charge in [-0.3, -0.25) is 4.98 Å². The summed E-state index contributed by atoms with van der Waals surface area (Å²) < 4.78 is 12.7. The van der Waals surface area contributed by atoms with Crippen molar-refractivity contribution in [1.82, 2.24) is 20.0 Å². The van der Waals surface area contributed by atoms with Gasteiger partial charge in [0.25, 0.3) is 0 Å². The van der Waals surface area contributed by atoms with E-state index in [0.29, 0.717) is 33.8 Å². The summed E-state index contributed by atoms with van der Waals surface area (Å²) in [5, 5.41) is 17.0. The highest BCUT2D eigenvalue weighted by Crippen LogP contribution is 2.55. The average molecular weight is 689 g/mol. The highest BCUT2D eigenvalue weighted by molar-refractivity contribution is 6.38. The summed E-state index contributed by atoms with van der Waals surface area (Å²) >= 11 is 13.1. The lowest BCUT2D eigenvalue weighted by Crippen LogP contribution is -2.46. The summed E-state index contributed by atoms with van der Waals surface area (Å²) in [6, 6.07) is 7.97. The average Bonchev–Trinajstić information content (AvgIpc) is 3.86. The number of hydrogen-bond acceptors (Lipinski definition) is 8. The van der Waals surface area contributed by atoms with Crippen LogP contribution >= 0.6 is 23.2 Å². The van der Waals surface area contributed by atoms with Gasteiger partial charge in [-0.25, -0.2) is 9.78 Å². The molecule has 1 aliphatic heterocycles. The number of benzene rings is 1. The summed E-state index contributed by atoms with van der Waals surface area (Å²) in [4.78, 5) is 25.1. The number of ether oxygens (including phenoxy) is 1. The standard InChI is InChI=1S/C37H39Cl2N5O4/c1-43-14-16-44(17-15-43)34-26-18-23(2-3-25(26)19-30(41-34)35(45)46)6-7-36-8-11-37(12-9-36,13-10-36)47-22-27-32(42-48-33(27)24-4-5-24)31-28(38)20-40-21-29(31)39/h2-3,6-7,18-21,24H,4-5,8-17,22H2,1H3,(H,45,46). The zero-order valence-corrected chi connectivity index (χ0v) is 28.6. The zero-order valence-electron chi connectivity index (χ0n) is 27.1. The van der Waals surface area contributed by atoms with Crippen molar-refractivity contribution in [3.05, 3.63) is 75.4 Å². The number of piperazine rings is 1. The van der Waals surface area contributed by atoms with Crippen LogP contribution in [-0.2, 0) is 11.3 Å². The van der Waals surface area contributed by atoms with Crippen molar-refractivity contribution in [1.29, 1.82) is 0 Å². The van der Waals surface area contributed by atoms with E-state index in [1.54, 1.807) is 18.5 Å². The maximum absolute atomic E-state index is 11.9. The van der Waals surface area contributed by atoms with Gasteiger partial charge in [0.1, 0.15) is 17.3 Å². The number of likely N-dealkylation sites (N-methyl/N-ethyl adjacent to an activating group) is 1. The molecule has 4 aromatic rings. The lowest BCUT2D eigenvalue weighted by Gasteiger charge is -2.52.